The van der Waals surface area contributed by atoms with Crippen molar-refractivity contribution in [3.05, 3.63) is 53.7 Å². The lowest BCUT2D eigenvalue weighted by Gasteiger charge is -2.23. The zero-order chi connectivity index (χ0) is 21.8. The van der Waals surface area contributed by atoms with Gasteiger partial charge in [0.25, 0.3) is 0 Å². The van der Waals surface area contributed by atoms with Gasteiger partial charge in [0, 0.05) is 38.9 Å². The monoisotopic (exact) mass is 433 g/mol. The minimum atomic E-state index is -4.42. The van der Waals surface area contributed by atoms with Crippen LogP contribution in [0.4, 0.5) is 32.2 Å². The summed E-state index contributed by atoms with van der Waals surface area (Å²) in [5.41, 5.74) is 0.0473. The number of hydrogen-bond acceptors (Lipinski definition) is 4. The number of ether oxygens (including phenoxy) is 1. The zero-order valence-corrected chi connectivity index (χ0v) is 16.0. The summed E-state index contributed by atoms with van der Waals surface area (Å²) in [7, 11) is 0. The quantitative estimate of drug-likeness (QED) is 0.637. The van der Waals surface area contributed by atoms with Crippen molar-refractivity contribution >= 4 is 5.82 Å². The van der Waals surface area contributed by atoms with Gasteiger partial charge in [0.05, 0.1) is 5.56 Å². The lowest BCUT2D eigenvalue weighted by molar-refractivity contribution is -0.153. The summed E-state index contributed by atoms with van der Waals surface area (Å²) in [4.78, 5) is 8.03. The number of rotatable bonds is 5. The molecule has 4 nitrogen and oxygen atoms in total. The predicted octanol–water partition coefficient (Wildman–Crippen LogP) is 4.75. The number of halogens is 6. The second-order valence-electron chi connectivity index (χ2n) is 7.07. The molecule has 0 spiro atoms. The van der Waals surface area contributed by atoms with Crippen LogP contribution in [0.5, 0.6) is 5.75 Å². The summed E-state index contributed by atoms with van der Waals surface area (Å²) in [6, 6.07) is 8.94. The van der Waals surface area contributed by atoms with Crippen LogP contribution in [0.1, 0.15) is 17.5 Å². The van der Waals surface area contributed by atoms with Crippen LogP contribution >= 0.6 is 0 Å². The molecule has 1 saturated heterocycles. The van der Waals surface area contributed by atoms with E-state index in [0.29, 0.717) is 32.0 Å². The van der Waals surface area contributed by atoms with E-state index in [1.165, 1.54) is 12.1 Å². The van der Waals surface area contributed by atoms with Gasteiger partial charge in [-0.15, -0.1) is 0 Å². The van der Waals surface area contributed by atoms with Crippen LogP contribution in [-0.2, 0) is 12.7 Å². The lowest BCUT2D eigenvalue weighted by atomic mass is 10.2. The van der Waals surface area contributed by atoms with Gasteiger partial charge in [0.15, 0.2) is 6.61 Å². The third-order valence-corrected chi connectivity index (χ3v) is 4.69. The van der Waals surface area contributed by atoms with Gasteiger partial charge in [0.1, 0.15) is 11.6 Å². The summed E-state index contributed by atoms with van der Waals surface area (Å²) in [6.45, 7) is 1.85. The van der Waals surface area contributed by atoms with Crippen LogP contribution in [0.15, 0.2) is 42.6 Å². The molecule has 3 rings (SSSR count). The Morgan fingerprint density at radius 3 is 2.40 bits per heavy atom. The number of hydrogen-bond donors (Lipinski definition) is 0. The first kappa shape index (κ1) is 22.2. The van der Waals surface area contributed by atoms with Crippen molar-refractivity contribution in [1.82, 2.24) is 9.88 Å². The largest absolute Gasteiger partial charge is 0.484 e. The Morgan fingerprint density at radius 1 is 0.933 bits per heavy atom. The standard InChI is InChI=1S/C20H21F6N3O/c21-19(22,23)14-30-17-4-1-3-15(11-17)13-28-7-2-8-29(10-9-28)18-6-5-16(12-27-18)20(24,25)26/h1,3-6,11-12H,2,7-10,13-14H2. The molecule has 0 unspecified atom stereocenters. The molecule has 2 heterocycles. The molecular weight excluding hydrogens is 412 g/mol. The molecule has 10 heteroatoms. The molecule has 0 bridgehead atoms. The molecule has 164 valence electrons. The van der Waals surface area contributed by atoms with E-state index in [4.69, 9.17) is 4.74 Å². The van der Waals surface area contributed by atoms with Crippen LogP contribution in [0.3, 0.4) is 0 Å². The summed E-state index contributed by atoms with van der Waals surface area (Å²) >= 11 is 0. The molecule has 0 aliphatic carbocycles. The second kappa shape index (κ2) is 9.11. The SMILES string of the molecule is FC(F)(F)COc1cccc(CN2CCCN(c3ccc(C(F)(F)F)cn3)CC2)c1. The van der Waals surface area contributed by atoms with Crippen LogP contribution in [0, 0.1) is 0 Å². The van der Waals surface area contributed by atoms with Gasteiger partial charge in [-0.1, -0.05) is 12.1 Å². The highest BCUT2D eigenvalue weighted by molar-refractivity contribution is 5.40. The van der Waals surface area contributed by atoms with Crippen molar-refractivity contribution in [3.8, 4) is 5.75 Å². The van der Waals surface area contributed by atoms with Crippen molar-refractivity contribution in [2.24, 2.45) is 0 Å². The highest BCUT2D eigenvalue weighted by atomic mass is 19.4. The van der Waals surface area contributed by atoms with Crippen LogP contribution in [0.25, 0.3) is 0 Å². The van der Waals surface area contributed by atoms with Crippen LogP contribution in [0.2, 0.25) is 0 Å². The Kier molecular flexibility index (Phi) is 6.74. The highest BCUT2D eigenvalue weighted by Crippen LogP contribution is 2.29. The smallest absolute Gasteiger partial charge is 0.422 e. The third-order valence-electron chi connectivity index (χ3n) is 4.69. The fourth-order valence-corrected chi connectivity index (χ4v) is 3.26. The first-order valence-electron chi connectivity index (χ1n) is 9.39. The zero-order valence-electron chi connectivity index (χ0n) is 16.0. The Labute approximate surface area is 170 Å². The van der Waals surface area contributed by atoms with Crippen molar-refractivity contribution in [2.45, 2.75) is 25.3 Å². The Balaban J connectivity index is 1.57. The Morgan fingerprint density at radius 2 is 1.73 bits per heavy atom. The van der Waals surface area contributed by atoms with E-state index in [-0.39, 0.29) is 5.75 Å². The summed E-state index contributed by atoms with van der Waals surface area (Å²) in [5.74, 6) is 0.655. The van der Waals surface area contributed by atoms with Gasteiger partial charge < -0.3 is 9.64 Å². The molecule has 1 aromatic heterocycles. The minimum absolute atomic E-state index is 0.162. The van der Waals surface area contributed by atoms with Crippen molar-refractivity contribution in [1.29, 1.82) is 0 Å². The topological polar surface area (TPSA) is 28.6 Å². The van der Waals surface area contributed by atoms with Gasteiger partial charge in [0.2, 0.25) is 0 Å². The van der Waals surface area contributed by atoms with Gasteiger partial charge in [-0.2, -0.15) is 26.3 Å². The maximum atomic E-state index is 12.7. The maximum Gasteiger partial charge on any atom is 0.422 e. The lowest BCUT2D eigenvalue weighted by Crippen LogP contribution is -2.31. The van der Waals surface area contributed by atoms with Crippen molar-refractivity contribution in [3.63, 3.8) is 0 Å². The molecule has 1 aliphatic rings. The van der Waals surface area contributed by atoms with Gasteiger partial charge >= 0.3 is 12.4 Å². The van der Waals surface area contributed by atoms with E-state index < -0.39 is 24.5 Å². The summed E-state index contributed by atoms with van der Waals surface area (Å²) in [6.07, 6.45) is -7.19. The fourth-order valence-electron chi connectivity index (χ4n) is 3.26. The maximum absolute atomic E-state index is 12.7. The average Bonchev–Trinajstić information content (AvgIpc) is 2.91. The number of anilines is 1. The molecule has 0 N–H and O–H groups in total. The number of nitrogens with zero attached hydrogens (tertiary/aromatic N) is 3. The normalized spacial score (nSPS) is 16.4. The van der Waals surface area contributed by atoms with E-state index >= 15 is 0 Å². The Hall–Kier alpha value is -2.49. The molecular formula is C20H21F6N3O. The molecule has 1 aromatic carbocycles. The number of pyridine rings is 1. The van der Waals surface area contributed by atoms with E-state index in [0.717, 1.165) is 30.8 Å². The van der Waals surface area contributed by atoms with Gasteiger partial charge in [-0.25, -0.2) is 4.98 Å². The number of aromatic nitrogens is 1. The molecule has 0 amide bonds. The number of benzene rings is 1. The van der Waals surface area contributed by atoms with Crippen molar-refractivity contribution in [2.75, 3.05) is 37.7 Å². The summed E-state index contributed by atoms with van der Waals surface area (Å²) in [5, 5.41) is 0. The number of alkyl halides is 6. The highest BCUT2D eigenvalue weighted by Gasteiger charge is 2.31. The molecule has 1 aliphatic heterocycles. The van der Waals surface area contributed by atoms with E-state index in [1.807, 2.05) is 11.0 Å². The summed E-state index contributed by atoms with van der Waals surface area (Å²) < 4.78 is 79.8. The van der Waals surface area contributed by atoms with Crippen LogP contribution in [-0.4, -0.2) is 48.8 Å². The predicted molar refractivity (Wildman–Crippen MR) is 99.3 cm³/mol. The molecule has 2 aromatic rings. The van der Waals surface area contributed by atoms with Crippen molar-refractivity contribution < 1.29 is 31.1 Å². The van der Waals surface area contributed by atoms with E-state index in [9.17, 15) is 26.3 Å². The molecule has 0 atom stereocenters. The Bertz CT molecular complexity index is 823. The first-order chi connectivity index (χ1) is 14.1. The van der Waals surface area contributed by atoms with E-state index in [1.54, 1.807) is 12.1 Å². The molecule has 1 fully saturated rings. The molecule has 0 radical (unpaired) electrons. The van der Waals surface area contributed by atoms with Gasteiger partial charge in [-0.05, 0) is 36.2 Å². The fraction of sp³-hybridized carbons (Fsp3) is 0.450. The molecule has 30 heavy (non-hydrogen) atoms. The third kappa shape index (κ3) is 6.51. The first-order valence-corrected chi connectivity index (χ1v) is 9.39. The van der Waals surface area contributed by atoms with E-state index in [2.05, 4.69) is 9.88 Å². The van der Waals surface area contributed by atoms with Crippen LogP contribution < -0.4 is 9.64 Å². The second-order valence-corrected chi connectivity index (χ2v) is 7.07. The minimum Gasteiger partial charge on any atom is -0.484 e. The molecule has 0 saturated carbocycles. The van der Waals surface area contributed by atoms with Gasteiger partial charge in [-0.3, -0.25) is 4.90 Å². The average molecular weight is 433 g/mol.